The average molecular weight is 418 g/mol. The van der Waals surface area contributed by atoms with E-state index >= 15 is 0 Å². The van der Waals surface area contributed by atoms with Crippen LogP contribution < -0.4 is 5.56 Å². The smallest absolute Gasteiger partial charge is 0.262 e. The summed E-state index contributed by atoms with van der Waals surface area (Å²) in [5.41, 5.74) is 1.45. The fraction of sp³-hybridized carbons (Fsp3) is 0.300. The Hall–Kier alpha value is -2.16. The van der Waals surface area contributed by atoms with Crippen molar-refractivity contribution >= 4 is 32.7 Å². The lowest BCUT2D eigenvalue weighted by Gasteiger charge is -2.16. The molecule has 3 aromatic rings. The predicted octanol–water partition coefficient (Wildman–Crippen LogP) is 3.52. The Morgan fingerprint density at radius 3 is 2.50 bits per heavy atom. The molecule has 3 rings (SSSR count). The first kappa shape index (κ1) is 20.6. The minimum Gasteiger partial charge on any atom is -0.285 e. The lowest BCUT2D eigenvalue weighted by molar-refractivity contribution is 0.519. The second-order valence-corrected chi connectivity index (χ2v) is 10.00. The van der Waals surface area contributed by atoms with Crippen molar-refractivity contribution < 1.29 is 8.42 Å². The first-order chi connectivity index (χ1) is 13.2. The molecule has 0 aliphatic rings. The maximum Gasteiger partial charge on any atom is 0.262 e. The number of fused-ring (bicyclic) bond motifs is 1. The third-order valence-corrected chi connectivity index (χ3v) is 7.17. The van der Waals surface area contributed by atoms with Crippen LogP contribution in [-0.4, -0.2) is 36.4 Å². The molecule has 28 heavy (non-hydrogen) atoms. The molecule has 0 radical (unpaired) electrons. The highest BCUT2D eigenvalue weighted by Gasteiger charge is 2.18. The molecule has 8 heteroatoms. The Kier molecular flexibility index (Phi) is 5.92. The van der Waals surface area contributed by atoms with E-state index in [0.717, 1.165) is 5.56 Å². The first-order valence-corrected chi connectivity index (χ1v) is 11.3. The minimum absolute atomic E-state index is 0.0347. The number of aromatic nitrogens is 2. The van der Waals surface area contributed by atoms with Crippen LogP contribution in [0.4, 0.5) is 0 Å². The molecule has 0 saturated carbocycles. The molecule has 0 fully saturated rings. The molecule has 0 unspecified atom stereocenters. The van der Waals surface area contributed by atoms with Gasteiger partial charge in [-0.25, -0.2) is 17.7 Å². The summed E-state index contributed by atoms with van der Waals surface area (Å²) >= 11 is 1.43. The largest absolute Gasteiger partial charge is 0.285 e. The van der Waals surface area contributed by atoms with Gasteiger partial charge < -0.3 is 0 Å². The van der Waals surface area contributed by atoms with Crippen LogP contribution >= 0.6 is 11.8 Å². The highest BCUT2D eigenvalue weighted by molar-refractivity contribution is 7.98. The van der Waals surface area contributed by atoms with E-state index in [0.29, 0.717) is 21.8 Å². The molecule has 0 amide bonds. The highest BCUT2D eigenvalue weighted by atomic mass is 32.2. The first-order valence-electron chi connectivity index (χ1n) is 8.87. The average Bonchev–Trinajstić information content (AvgIpc) is 2.66. The van der Waals surface area contributed by atoms with Crippen LogP contribution in [0, 0.1) is 0 Å². The molecule has 0 saturated heterocycles. The molecule has 6 nitrogen and oxygen atoms in total. The monoisotopic (exact) mass is 417 g/mol. The zero-order valence-corrected chi connectivity index (χ0v) is 17.9. The number of nitrogens with zero attached hydrogens (tertiary/aromatic N) is 3. The molecular formula is C20H23N3O3S2. The van der Waals surface area contributed by atoms with E-state index in [9.17, 15) is 13.2 Å². The van der Waals surface area contributed by atoms with Crippen molar-refractivity contribution in [1.82, 2.24) is 13.9 Å². The number of hydrogen-bond acceptors (Lipinski definition) is 5. The van der Waals surface area contributed by atoms with Crippen molar-refractivity contribution in [3.8, 4) is 0 Å². The minimum atomic E-state index is -3.49. The van der Waals surface area contributed by atoms with Crippen molar-refractivity contribution in [2.45, 2.75) is 35.7 Å². The summed E-state index contributed by atoms with van der Waals surface area (Å²) in [5, 5.41) is 1.22. The van der Waals surface area contributed by atoms with Gasteiger partial charge in [-0.1, -0.05) is 36.0 Å². The Balaban J connectivity index is 1.97. The van der Waals surface area contributed by atoms with Crippen LogP contribution in [0.15, 0.2) is 63.4 Å². The molecule has 0 bridgehead atoms. The lowest BCUT2D eigenvalue weighted by Crippen LogP contribution is -2.25. The van der Waals surface area contributed by atoms with Crippen LogP contribution in [0.25, 0.3) is 10.9 Å². The predicted molar refractivity (Wildman–Crippen MR) is 113 cm³/mol. The Morgan fingerprint density at radius 1 is 1.11 bits per heavy atom. The SMILES string of the molecule is CC(C)n1c(SCc2cccc(S(=O)(=O)N(C)C)c2)nc2ccccc2c1=O. The van der Waals surface area contributed by atoms with Crippen molar-refractivity contribution in [2.24, 2.45) is 0 Å². The maximum atomic E-state index is 12.9. The van der Waals surface area contributed by atoms with Gasteiger partial charge in [0.05, 0.1) is 15.8 Å². The van der Waals surface area contributed by atoms with E-state index in [2.05, 4.69) is 4.98 Å². The standard InChI is InChI=1S/C20H23N3O3S2/c1-14(2)23-19(24)17-10-5-6-11-18(17)21-20(23)27-13-15-8-7-9-16(12-15)28(25,26)22(3)4/h5-12,14H,13H2,1-4H3. The zero-order valence-electron chi connectivity index (χ0n) is 16.3. The van der Waals surface area contributed by atoms with Crippen LogP contribution in [0.1, 0.15) is 25.5 Å². The molecule has 1 aromatic heterocycles. The molecule has 0 N–H and O–H groups in total. The van der Waals surface area contributed by atoms with Gasteiger partial charge in [0, 0.05) is 25.9 Å². The fourth-order valence-corrected chi connectivity index (χ4v) is 4.88. The molecular weight excluding hydrogens is 394 g/mol. The van der Waals surface area contributed by atoms with Gasteiger partial charge in [-0.15, -0.1) is 0 Å². The van der Waals surface area contributed by atoms with Crippen molar-refractivity contribution in [1.29, 1.82) is 0 Å². The van der Waals surface area contributed by atoms with Gasteiger partial charge in [0.1, 0.15) is 0 Å². The van der Waals surface area contributed by atoms with Crippen molar-refractivity contribution in [2.75, 3.05) is 14.1 Å². The van der Waals surface area contributed by atoms with Crippen LogP contribution in [0.2, 0.25) is 0 Å². The third kappa shape index (κ3) is 3.99. The van der Waals surface area contributed by atoms with Gasteiger partial charge in [0.25, 0.3) is 5.56 Å². The normalized spacial score (nSPS) is 12.2. The van der Waals surface area contributed by atoms with Gasteiger partial charge in [0.15, 0.2) is 5.16 Å². The van der Waals surface area contributed by atoms with Crippen molar-refractivity contribution in [3.63, 3.8) is 0 Å². The molecule has 0 aliphatic carbocycles. The number of rotatable bonds is 6. The zero-order chi connectivity index (χ0) is 20.5. The summed E-state index contributed by atoms with van der Waals surface area (Å²) in [4.78, 5) is 17.8. The van der Waals surface area contributed by atoms with E-state index in [4.69, 9.17) is 0 Å². The number of para-hydroxylation sites is 1. The van der Waals surface area contributed by atoms with E-state index in [1.807, 2.05) is 38.1 Å². The van der Waals surface area contributed by atoms with E-state index in [-0.39, 0.29) is 16.5 Å². The van der Waals surface area contributed by atoms with Gasteiger partial charge in [0.2, 0.25) is 10.0 Å². The summed E-state index contributed by atoms with van der Waals surface area (Å²) in [5.74, 6) is 0.508. The highest BCUT2D eigenvalue weighted by Crippen LogP contribution is 2.25. The summed E-state index contributed by atoms with van der Waals surface area (Å²) in [7, 11) is -0.464. The number of sulfonamides is 1. The lowest BCUT2D eigenvalue weighted by atomic mass is 10.2. The second kappa shape index (κ2) is 8.06. The summed E-state index contributed by atoms with van der Waals surface area (Å²) < 4.78 is 27.6. The van der Waals surface area contributed by atoms with Crippen molar-refractivity contribution in [3.05, 3.63) is 64.4 Å². The topological polar surface area (TPSA) is 72.3 Å². The summed E-state index contributed by atoms with van der Waals surface area (Å²) in [6, 6.07) is 14.1. The fourth-order valence-electron chi connectivity index (χ4n) is 2.84. The Labute approximate surface area is 169 Å². The summed E-state index contributed by atoms with van der Waals surface area (Å²) in [6.07, 6.45) is 0. The van der Waals surface area contributed by atoms with E-state index < -0.39 is 10.0 Å². The maximum absolute atomic E-state index is 12.9. The van der Waals surface area contributed by atoms with Crippen LogP contribution in [0.5, 0.6) is 0 Å². The van der Waals surface area contributed by atoms with Gasteiger partial charge >= 0.3 is 0 Å². The molecule has 0 spiro atoms. The molecule has 0 aliphatic heterocycles. The number of benzene rings is 2. The van der Waals surface area contributed by atoms with Gasteiger partial charge in [-0.05, 0) is 43.7 Å². The van der Waals surface area contributed by atoms with E-state index in [1.54, 1.807) is 28.8 Å². The number of hydrogen-bond donors (Lipinski definition) is 0. The number of thioether (sulfide) groups is 1. The van der Waals surface area contributed by atoms with Crippen LogP contribution in [0.3, 0.4) is 0 Å². The Morgan fingerprint density at radius 2 is 1.82 bits per heavy atom. The van der Waals surface area contributed by atoms with Gasteiger partial charge in [-0.2, -0.15) is 0 Å². The Bertz CT molecular complexity index is 1170. The second-order valence-electron chi connectivity index (χ2n) is 6.90. The molecule has 0 atom stereocenters. The third-order valence-electron chi connectivity index (χ3n) is 4.34. The molecule has 1 heterocycles. The summed E-state index contributed by atoms with van der Waals surface area (Å²) in [6.45, 7) is 3.90. The van der Waals surface area contributed by atoms with E-state index in [1.165, 1.54) is 30.2 Å². The molecule has 148 valence electrons. The van der Waals surface area contributed by atoms with Gasteiger partial charge in [-0.3, -0.25) is 9.36 Å². The van der Waals surface area contributed by atoms with Crippen LogP contribution in [-0.2, 0) is 15.8 Å². The molecule has 2 aromatic carbocycles. The quantitative estimate of drug-likeness (QED) is 0.453.